The molecule has 0 aliphatic carbocycles. The topological polar surface area (TPSA) is 247 Å². The number of aryl methyl sites for hydroxylation is 2. The van der Waals surface area contributed by atoms with E-state index in [0.717, 1.165) is 16.7 Å². The molecule has 6 aromatic heterocycles. The molecule has 10 aromatic rings. The molecule has 0 amide bonds. The van der Waals surface area contributed by atoms with Crippen molar-refractivity contribution < 1.29 is 26.3 Å². The largest absolute Gasteiger partial charge is 0.437 e. The van der Waals surface area contributed by atoms with Crippen LogP contribution in [0.5, 0.6) is 23.3 Å². The maximum atomic E-state index is 13.0. The van der Waals surface area contributed by atoms with Gasteiger partial charge in [-0.05, 0) is 97.8 Å². The second-order valence-electron chi connectivity index (χ2n) is 15.0. The average molecular weight is 1070 g/mol. The van der Waals surface area contributed by atoms with Crippen molar-refractivity contribution >= 4 is 92.9 Å². The van der Waals surface area contributed by atoms with E-state index in [9.17, 15) is 16.8 Å². The number of aromatic amines is 1. The summed E-state index contributed by atoms with van der Waals surface area (Å²) in [4.78, 5) is 16.8. The zero-order chi connectivity index (χ0) is 48.9. The Labute approximate surface area is 413 Å². The lowest BCUT2D eigenvalue weighted by Crippen LogP contribution is -2.11. The number of nitrogens with two attached hydrogens (primary N) is 2. The highest BCUT2D eigenvalue weighted by Crippen LogP contribution is 2.33. The van der Waals surface area contributed by atoms with Crippen LogP contribution in [-0.4, -0.2) is 64.7 Å². The van der Waals surface area contributed by atoms with Gasteiger partial charge in [-0.25, -0.2) is 49.4 Å². The van der Waals surface area contributed by atoms with E-state index in [0.29, 0.717) is 71.1 Å². The molecule has 352 valence electrons. The summed E-state index contributed by atoms with van der Waals surface area (Å²) in [7, 11) is -7.16. The standard InChI is InChI=1S/C23H19ClN6O3S.C12H12BrNO2S.C11H8ClN5O/c1-15-5-7-19(8-6-15)34(31,32)29-10-9-16(12-29)13-30-22-20(21(25)26-14-27-22)23(28-30)33-18-4-2-3-17(24)11-18;1-10-2-4-12(5-3-10)17(15,16)14-7-6-11(8-13)9-14;12-6-2-1-3-7(4-6)18-11-8-9(13)14-5-15-10(8)16-17-11/h2-12,14H,13H2,1H3,(H2,25,26,27);2-7,9H,8H2,1H3;1-5H,(H3,13,14,15,16,17). The molecule has 0 radical (unpaired) electrons. The van der Waals surface area contributed by atoms with Crippen molar-refractivity contribution in [1.82, 2.24) is 47.9 Å². The third-order valence-electron chi connectivity index (χ3n) is 10.0. The zero-order valence-corrected chi connectivity index (χ0v) is 41.1. The highest BCUT2D eigenvalue weighted by Gasteiger charge is 2.21. The van der Waals surface area contributed by atoms with Crippen LogP contribution in [0.2, 0.25) is 10.0 Å². The van der Waals surface area contributed by atoms with Gasteiger partial charge in [0.15, 0.2) is 11.3 Å². The van der Waals surface area contributed by atoms with Gasteiger partial charge in [-0.1, -0.05) is 86.7 Å². The summed E-state index contributed by atoms with van der Waals surface area (Å²) >= 11 is 15.2. The number of benzene rings is 4. The molecule has 6 heterocycles. The average Bonchev–Trinajstić information content (AvgIpc) is 4.16. The number of nitrogen functional groups attached to an aromatic ring is 2. The van der Waals surface area contributed by atoms with Gasteiger partial charge in [0.2, 0.25) is 0 Å². The lowest BCUT2D eigenvalue weighted by molar-refractivity contribution is 0.455. The minimum absolute atomic E-state index is 0.211. The van der Waals surface area contributed by atoms with Crippen LogP contribution in [0.3, 0.4) is 0 Å². The van der Waals surface area contributed by atoms with E-state index < -0.39 is 20.0 Å². The molecule has 23 heteroatoms. The van der Waals surface area contributed by atoms with Crippen LogP contribution in [0.15, 0.2) is 156 Å². The predicted octanol–water partition coefficient (Wildman–Crippen LogP) is 9.56. The van der Waals surface area contributed by atoms with Crippen molar-refractivity contribution in [2.45, 2.75) is 35.5 Å². The summed E-state index contributed by atoms with van der Waals surface area (Å²) in [5.74, 6) is 2.13. The molecule has 69 heavy (non-hydrogen) atoms. The fraction of sp³-hybridized carbons (Fsp3) is 0.0870. The first-order valence-corrected chi connectivity index (χ1v) is 25.2. The fourth-order valence-electron chi connectivity index (χ4n) is 6.54. The summed E-state index contributed by atoms with van der Waals surface area (Å²) in [5.41, 5.74) is 16.5. The van der Waals surface area contributed by atoms with Gasteiger partial charge in [0.25, 0.3) is 31.8 Å². The number of hydrogen-bond donors (Lipinski definition) is 3. The summed E-state index contributed by atoms with van der Waals surface area (Å²) in [6.07, 6.45) is 8.93. The first-order valence-electron chi connectivity index (χ1n) is 20.4. The number of hydrogen-bond acceptors (Lipinski definition) is 14. The molecular formula is C46H39BrCl2N12O6S2. The first kappa shape index (κ1) is 48.2. The van der Waals surface area contributed by atoms with Crippen LogP contribution in [-0.2, 0) is 31.9 Å². The Kier molecular flexibility index (Phi) is 14.3. The van der Waals surface area contributed by atoms with Crippen LogP contribution < -0.4 is 20.9 Å². The number of alkyl halides is 1. The molecular weight excluding hydrogens is 1030 g/mol. The van der Waals surface area contributed by atoms with E-state index in [1.165, 1.54) is 26.8 Å². The molecule has 0 unspecified atom stereocenters. The van der Waals surface area contributed by atoms with Gasteiger partial charge in [0.05, 0.1) is 16.3 Å². The number of rotatable bonds is 11. The number of aromatic nitrogens is 10. The second-order valence-corrected chi connectivity index (χ2v) is 20.1. The smallest absolute Gasteiger partial charge is 0.267 e. The van der Waals surface area contributed by atoms with Gasteiger partial charge in [0.1, 0.15) is 46.6 Å². The Morgan fingerprint density at radius 2 is 1.14 bits per heavy atom. The van der Waals surface area contributed by atoms with Crippen molar-refractivity contribution in [3.8, 4) is 23.3 Å². The Bertz CT molecular complexity index is 3660. The van der Waals surface area contributed by atoms with Crippen LogP contribution in [0.1, 0.15) is 22.3 Å². The molecule has 0 aliphatic rings. The van der Waals surface area contributed by atoms with Crippen LogP contribution in [0.25, 0.3) is 22.1 Å². The number of fused-ring (bicyclic) bond motifs is 2. The molecule has 5 N–H and O–H groups in total. The maximum Gasteiger partial charge on any atom is 0.267 e. The molecule has 10 rings (SSSR count). The third-order valence-corrected chi connectivity index (χ3v) is 14.5. The Morgan fingerprint density at radius 3 is 1.68 bits per heavy atom. The monoisotopic (exact) mass is 1070 g/mol. The van der Waals surface area contributed by atoms with Crippen molar-refractivity contribution in [3.05, 3.63) is 179 Å². The van der Waals surface area contributed by atoms with Gasteiger partial charge < -0.3 is 20.9 Å². The lowest BCUT2D eigenvalue weighted by Gasteiger charge is -2.06. The third kappa shape index (κ3) is 11.0. The Morgan fingerprint density at radius 1 is 0.638 bits per heavy atom. The zero-order valence-electron chi connectivity index (χ0n) is 36.4. The lowest BCUT2D eigenvalue weighted by atomic mass is 10.2. The van der Waals surface area contributed by atoms with Crippen LogP contribution >= 0.6 is 39.1 Å². The van der Waals surface area contributed by atoms with E-state index in [1.54, 1.807) is 132 Å². The first-order chi connectivity index (χ1) is 33.1. The normalized spacial score (nSPS) is 11.4. The van der Waals surface area contributed by atoms with E-state index >= 15 is 0 Å². The van der Waals surface area contributed by atoms with Gasteiger partial charge in [-0.15, -0.1) is 10.2 Å². The molecule has 0 saturated carbocycles. The molecule has 4 aromatic carbocycles. The van der Waals surface area contributed by atoms with Crippen molar-refractivity contribution in [1.29, 1.82) is 0 Å². The minimum atomic E-state index is -3.71. The SMILES string of the molecule is Cc1ccc(S(=O)(=O)n2ccc(CBr)c2)cc1.Cc1ccc(S(=O)(=O)n2ccc(Cn3nc(Oc4cccc(Cl)c4)c4c(N)ncnc43)c2)cc1.Nc1ncnc2[nH]nc(Oc3cccc(Cl)c3)c12. The second kappa shape index (κ2) is 20.5. The number of nitrogens with zero attached hydrogens (tertiary/aromatic N) is 9. The summed E-state index contributed by atoms with van der Waals surface area (Å²) in [6, 6.07) is 30.9. The van der Waals surface area contributed by atoms with E-state index in [2.05, 4.69) is 51.2 Å². The number of anilines is 2. The number of ether oxygens (including phenoxy) is 2. The summed E-state index contributed by atoms with van der Waals surface area (Å²) in [5, 5.41) is 14.0. The quantitative estimate of drug-likeness (QED) is 0.102. The van der Waals surface area contributed by atoms with Gasteiger partial charge in [-0.2, -0.15) is 0 Å². The van der Waals surface area contributed by atoms with E-state index in [-0.39, 0.29) is 23.1 Å². The number of halogens is 3. The van der Waals surface area contributed by atoms with Crippen LogP contribution in [0.4, 0.5) is 11.6 Å². The molecule has 0 bridgehead atoms. The maximum absolute atomic E-state index is 13.0. The van der Waals surface area contributed by atoms with Crippen molar-refractivity contribution in [2.75, 3.05) is 11.5 Å². The van der Waals surface area contributed by atoms with Gasteiger partial charge in [-0.3, -0.25) is 5.10 Å². The van der Waals surface area contributed by atoms with Crippen molar-refractivity contribution in [2.24, 2.45) is 0 Å². The molecule has 0 fully saturated rings. The van der Waals surface area contributed by atoms with Crippen molar-refractivity contribution in [3.63, 3.8) is 0 Å². The predicted molar refractivity (Wildman–Crippen MR) is 267 cm³/mol. The van der Waals surface area contributed by atoms with E-state index in [4.69, 9.17) is 44.1 Å². The highest BCUT2D eigenvalue weighted by atomic mass is 79.9. The molecule has 0 aliphatic heterocycles. The number of H-pyrrole nitrogens is 1. The fourth-order valence-corrected chi connectivity index (χ4v) is 9.67. The van der Waals surface area contributed by atoms with E-state index in [1.807, 2.05) is 13.8 Å². The van der Waals surface area contributed by atoms with Gasteiger partial charge in [0, 0.05) is 40.2 Å². The molecule has 18 nitrogen and oxygen atoms in total. The Balaban J connectivity index is 0.000000154. The summed E-state index contributed by atoms with van der Waals surface area (Å²) in [6.45, 7) is 4.07. The Hall–Kier alpha value is -7.30. The number of nitrogens with one attached hydrogen (secondary N) is 1. The minimum Gasteiger partial charge on any atom is -0.437 e. The molecule has 0 atom stereocenters. The molecule has 0 spiro atoms. The van der Waals surface area contributed by atoms with Crippen LogP contribution in [0, 0.1) is 13.8 Å². The molecule has 0 saturated heterocycles. The summed E-state index contributed by atoms with van der Waals surface area (Å²) < 4.78 is 65.9. The van der Waals surface area contributed by atoms with Gasteiger partial charge >= 0.3 is 0 Å². The highest BCUT2D eigenvalue weighted by molar-refractivity contribution is 9.08.